The Morgan fingerprint density at radius 2 is 1.92 bits per heavy atom. The topological polar surface area (TPSA) is 47.2 Å². The van der Waals surface area contributed by atoms with Crippen LogP contribution < -0.4 is 10.2 Å². The van der Waals surface area contributed by atoms with Crippen molar-refractivity contribution in [2.45, 2.75) is 65.0 Å². The standard InChI is InChI=1S/C19H31N5/c1-14-15(2)24(12-8-11-23(3)4)19-17(14)18(20-13-21-19)22-16-9-6-5-7-10-16/h13,16H,5-12H2,1-4H3,(H,20,21,22)/p+1. The van der Waals surface area contributed by atoms with Crippen molar-refractivity contribution in [3.8, 4) is 0 Å². The highest BCUT2D eigenvalue weighted by Gasteiger charge is 2.19. The van der Waals surface area contributed by atoms with E-state index in [1.807, 2.05) is 0 Å². The summed E-state index contributed by atoms with van der Waals surface area (Å²) >= 11 is 0. The molecule has 5 heteroatoms. The zero-order valence-corrected chi connectivity index (χ0v) is 15.7. The molecule has 2 heterocycles. The van der Waals surface area contributed by atoms with Gasteiger partial charge in [0.1, 0.15) is 17.8 Å². The summed E-state index contributed by atoms with van der Waals surface area (Å²) in [5, 5.41) is 4.93. The van der Waals surface area contributed by atoms with E-state index in [0.29, 0.717) is 6.04 Å². The van der Waals surface area contributed by atoms with Crippen LogP contribution in [0.4, 0.5) is 5.82 Å². The van der Waals surface area contributed by atoms with Crippen LogP contribution in [0, 0.1) is 13.8 Å². The molecule has 0 atom stereocenters. The molecule has 2 N–H and O–H groups in total. The molecule has 2 aromatic heterocycles. The van der Waals surface area contributed by atoms with Gasteiger partial charge in [-0.2, -0.15) is 0 Å². The van der Waals surface area contributed by atoms with Crippen molar-refractivity contribution in [2.75, 3.05) is 26.0 Å². The van der Waals surface area contributed by atoms with E-state index >= 15 is 0 Å². The maximum Gasteiger partial charge on any atom is 0.145 e. The lowest BCUT2D eigenvalue weighted by Gasteiger charge is -2.23. The first-order valence-corrected chi connectivity index (χ1v) is 9.44. The van der Waals surface area contributed by atoms with Gasteiger partial charge in [-0.25, -0.2) is 9.97 Å². The number of rotatable bonds is 6. The molecule has 2 aromatic rings. The van der Waals surface area contributed by atoms with Gasteiger partial charge in [-0.3, -0.25) is 0 Å². The van der Waals surface area contributed by atoms with Crippen molar-refractivity contribution in [2.24, 2.45) is 0 Å². The minimum absolute atomic E-state index is 0.567. The molecule has 5 nitrogen and oxygen atoms in total. The summed E-state index contributed by atoms with van der Waals surface area (Å²) in [6.07, 6.45) is 9.45. The number of aromatic nitrogens is 3. The van der Waals surface area contributed by atoms with Crippen molar-refractivity contribution >= 4 is 16.9 Å². The van der Waals surface area contributed by atoms with Crippen LogP contribution in [0.2, 0.25) is 0 Å². The third kappa shape index (κ3) is 3.56. The van der Waals surface area contributed by atoms with Gasteiger partial charge in [-0.15, -0.1) is 0 Å². The summed E-state index contributed by atoms with van der Waals surface area (Å²) in [6, 6.07) is 0.567. The van der Waals surface area contributed by atoms with Crippen LogP contribution in [0.3, 0.4) is 0 Å². The van der Waals surface area contributed by atoms with Gasteiger partial charge in [0, 0.05) is 24.7 Å². The largest absolute Gasteiger partial charge is 0.367 e. The summed E-state index contributed by atoms with van der Waals surface area (Å²) in [7, 11) is 4.42. The number of nitrogens with zero attached hydrogens (tertiary/aromatic N) is 3. The fourth-order valence-electron chi connectivity index (χ4n) is 3.88. The molecule has 0 radical (unpaired) electrons. The van der Waals surface area contributed by atoms with E-state index in [0.717, 1.165) is 18.0 Å². The zero-order valence-electron chi connectivity index (χ0n) is 15.7. The zero-order chi connectivity index (χ0) is 17.1. The Bertz CT molecular complexity index is 683. The Hall–Kier alpha value is -1.62. The smallest absolute Gasteiger partial charge is 0.145 e. The molecule has 1 aliphatic rings. The minimum atomic E-state index is 0.567. The van der Waals surface area contributed by atoms with Crippen LogP contribution in [-0.2, 0) is 6.54 Å². The second-order valence-corrected chi connectivity index (χ2v) is 7.57. The third-order valence-electron chi connectivity index (χ3n) is 5.41. The lowest BCUT2D eigenvalue weighted by atomic mass is 9.95. The molecule has 0 aliphatic heterocycles. The van der Waals surface area contributed by atoms with Crippen molar-refractivity contribution in [1.29, 1.82) is 0 Å². The van der Waals surface area contributed by atoms with E-state index < -0.39 is 0 Å². The average molecular weight is 331 g/mol. The van der Waals surface area contributed by atoms with Crippen molar-refractivity contribution < 1.29 is 4.90 Å². The van der Waals surface area contributed by atoms with E-state index in [4.69, 9.17) is 0 Å². The molecule has 0 bridgehead atoms. The van der Waals surface area contributed by atoms with Gasteiger partial charge < -0.3 is 14.8 Å². The maximum absolute atomic E-state index is 4.62. The average Bonchev–Trinajstić information content (AvgIpc) is 2.81. The summed E-state index contributed by atoms with van der Waals surface area (Å²) in [6.45, 7) is 6.63. The van der Waals surface area contributed by atoms with E-state index in [1.54, 1.807) is 6.33 Å². The lowest BCUT2D eigenvalue weighted by Crippen LogP contribution is -3.05. The summed E-state index contributed by atoms with van der Waals surface area (Å²) < 4.78 is 2.38. The molecule has 0 amide bonds. The Labute approximate surface area is 145 Å². The highest BCUT2D eigenvalue weighted by molar-refractivity contribution is 5.92. The lowest BCUT2D eigenvalue weighted by molar-refractivity contribution is -0.858. The second kappa shape index (κ2) is 7.51. The van der Waals surface area contributed by atoms with Crippen LogP contribution in [-0.4, -0.2) is 41.2 Å². The van der Waals surface area contributed by atoms with Crippen LogP contribution >= 0.6 is 0 Å². The Balaban J connectivity index is 1.88. The van der Waals surface area contributed by atoms with E-state index in [-0.39, 0.29) is 0 Å². The first kappa shape index (κ1) is 17.2. The molecule has 24 heavy (non-hydrogen) atoms. The van der Waals surface area contributed by atoms with Gasteiger partial charge in [0.15, 0.2) is 0 Å². The van der Waals surface area contributed by atoms with Crippen molar-refractivity contribution in [1.82, 2.24) is 14.5 Å². The van der Waals surface area contributed by atoms with Crippen molar-refractivity contribution in [3.63, 3.8) is 0 Å². The van der Waals surface area contributed by atoms with Gasteiger partial charge in [-0.05, 0) is 32.3 Å². The molecule has 1 aliphatic carbocycles. The van der Waals surface area contributed by atoms with Gasteiger partial charge in [0.2, 0.25) is 0 Å². The normalized spacial score (nSPS) is 16.2. The highest BCUT2D eigenvalue weighted by atomic mass is 15.1. The molecule has 0 saturated heterocycles. The van der Waals surface area contributed by atoms with Crippen LogP contribution in [0.5, 0.6) is 0 Å². The minimum Gasteiger partial charge on any atom is -0.367 e. The number of quaternary nitrogens is 1. The van der Waals surface area contributed by atoms with Gasteiger partial charge in [-0.1, -0.05) is 19.3 Å². The van der Waals surface area contributed by atoms with Gasteiger partial charge in [0.25, 0.3) is 0 Å². The SMILES string of the molecule is Cc1c(C)n(CCC[NH+](C)C)c2ncnc(NC3CCCCC3)c12. The Morgan fingerprint density at radius 1 is 1.17 bits per heavy atom. The first-order valence-electron chi connectivity index (χ1n) is 9.44. The quantitative estimate of drug-likeness (QED) is 0.854. The molecule has 1 saturated carbocycles. The number of hydrogen-bond donors (Lipinski definition) is 2. The molecule has 0 aromatic carbocycles. The molecule has 1 fully saturated rings. The van der Waals surface area contributed by atoms with Gasteiger partial charge >= 0.3 is 0 Å². The monoisotopic (exact) mass is 330 g/mol. The molecule has 0 spiro atoms. The molecule has 0 unspecified atom stereocenters. The predicted octanol–water partition coefficient (Wildman–Crippen LogP) is 2.33. The highest BCUT2D eigenvalue weighted by Crippen LogP contribution is 2.30. The Kier molecular flexibility index (Phi) is 5.39. The van der Waals surface area contributed by atoms with E-state index in [9.17, 15) is 0 Å². The number of anilines is 1. The second-order valence-electron chi connectivity index (χ2n) is 7.57. The summed E-state index contributed by atoms with van der Waals surface area (Å²) in [4.78, 5) is 10.7. The molecule has 3 rings (SSSR count). The first-order chi connectivity index (χ1) is 11.6. The maximum atomic E-state index is 4.62. The Morgan fingerprint density at radius 3 is 2.62 bits per heavy atom. The van der Waals surface area contributed by atoms with Crippen LogP contribution in [0.15, 0.2) is 6.33 Å². The van der Waals surface area contributed by atoms with Crippen LogP contribution in [0.25, 0.3) is 11.0 Å². The van der Waals surface area contributed by atoms with E-state index in [2.05, 4.69) is 47.8 Å². The molecular weight excluding hydrogens is 298 g/mol. The number of aryl methyl sites for hydroxylation is 2. The number of hydrogen-bond acceptors (Lipinski definition) is 3. The van der Waals surface area contributed by atoms with Crippen molar-refractivity contribution in [3.05, 3.63) is 17.6 Å². The molecular formula is C19H32N5+. The summed E-state index contributed by atoms with van der Waals surface area (Å²) in [5.74, 6) is 1.03. The van der Waals surface area contributed by atoms with Gasteiger partial charge in [0.05, 0.1) is 26.0 Å². The summed E-state index contributed by atoms with van der Waals surface area (Å²) in [5.41, 5.74) is 3.74. The molecule has 132 valence electrons. The number of nitrogens with one attached hydrogen (secondary N) is 2. The predicted molar refractivity (Wildman–Crippen MR) is 99.8 cm³/mol. The fourth-order valence-corrected chi connectivity index (χ4v) is 3.88. The van der Waals surface area contributed by atoms with E-state index in [1.165, 1.54) is 66.6 Å². The van der Waals surface area contributed by atoms with Crippen LogP contribution in [0.1, 0.15) is 49.8 Å². The third-order valence-corrected chi connectivity index (χ3v) is 5.41. The fraction of sp³-hybridized carbons (Fsp3) is 0.684. The number of fused-ring (bicyclic) bond motifs is 1.